The Morgan fingerprint density at radius 2 is 2.04 bits per heavy atom. The van der Waals surface area contributed by atoms with Crippen molar-refractivity contribution in [1.29, 1.82) is 0 Å². The number of hydrogen-bond acceptors (Lipinski definition) is 2. The lowest BCUT2D eigenvalue weighted by Gasteiger charge is -2.32. The van der Waals surface area contributed by atoms with Gasteiger partial charge in [0.1, 0.15) is 6.61 Å². The van der Waals surface area contributed by atoms with E-state index in [1.165, 1.54) is 11.1 Å². The molecule has 4 heteroatoms. The monoisotopic (exact) mass is 373 g/mol. The molecule has 0 saturated carbocycles. The van der Waals surface area contributed by atoms with Crippen LogP contribution in [-0.2, 0) is 17.8 Å². The van der Waals surface area contributed by atoms with E-state index in [1.807, 2.05) is 37.4 Å². The van der Waals surface area contributed by atoms with Gasteiger partial charge in [-0.05, 0) is 48.1 Å². The fourth-order valence-electron chi connectivity index (χ4n) is 3.10. The van der Waals surface area contributed by atoms with E-state index in [4.69, 9.17) is 4.74 Å². The Bertz CT molecular complexity index is 687. The van der Waals surface area contributed by atoms with Crippen LogP contribution < -0.4 is 0 Å². The van der Waals surface area contributed by atoms with Crippen molar-refractivity contribution in [3.63, 3.8) is 0 Å². The highest BCUT2D eigenvalue weighted by atomic mass is 79.9. The van der Waals surface area contributed by atoms with Crippen LogP contribution in [0.3, 0.4) is 0 Å². The summed E-state index contributed by atoms with van der Waals surface area (Å²) in [7, 11) is 1.83. The second-order valence-corrected chi connectivity index (χ2v) is 6.82. The molecule has 0 heterocycles. The molecule has 0 saturated heterocycles. The molecule has 3 rings (SSSR count). The van der Waals surface area contributed by atoms with Crippen molar-refractivity contribution in [2.45, 2.75) is 31.9 Å². The maximum absolute atomic E-state index is 12.4. The Morgan fingerprint density at radius 3 is 2.83 bits per heavy atom. The molecule has 0 aliphatic heterocycles. The standard InChI is InChI=1S/C19H20BrNO2/c1-21(19(22)23-13-14-6-3-2-4-7-14)18-9-5-8-15-10-11-16(20)12-17(15)18/h2-4,6-7,10-12,18H,5,8-9,13H2,1H3. The molecule has 120 valence electrons. The summed E-state index contributed by atoms with van der Waals surface area (Å²) in [4.78, 5) is 14.1. The van der Waals surface area contributed by atoms with Crippen LogP contribution in [-0.4, -0.2) is 18.0 Å². The number of carbonyl (C=O) groups is 1. The molecule has 23 heavy (non-hydrogen) atoms. The van der Waals surface area contributed by atoms with Gasteiger partial charge in [0.25, 0.3) is 0 Å². The third-order valence-corrected chi connectivity index (χ3v) is 4.84. The molecule has 2 aromatic carbocycles. The molecular weight excluding hydrogens is 354 g/mol. The minimum absolute atomic E-state index is 0.0829. The lowest BCUT2D eigenvalue weighted by Crippen LogP contribution is -2.33. The molecule has 0 bridgehead atoms. The second kappa shape index (κ2) is 7.18. The van der Waals surface area contributed by atoms with Gasteiger partial charge in [0.2, 0.25) is 0 Å². The van der Waals surface area contributed by atoms with Crippen molar-refractivity contribution in [2.24, 2.45) is 0 Å². The normalized spacial score (nSPS) is 16.5. The molecule has 0 N–H and O–H groups in total. The van der Waals surface area contributed by atoms with Gasteiger partial charge in [-0.25, -0.2) is 4.79 Å². The van der Waals surface area contributed by atoms with Crippen LogP contribution in [0.2, 0.25) is 0 Å². The van der Waals surface area contributed by atoms with Crippen molar-refractivity contribution >= 4 is 22.0 Å². The molecule has 1 amide bonds. The predicted octanol–water partition coefficient (Wildman–Crippen LogP) is 5.10. The first-order valence-corrected chi connectivity index (χ1v) is 8.66. The highest BCUT2D eigenvalue weighted by Crippen LogP contribution is 2.35. The quantitative estimate of drug-likeness (QED) is 0.749. The maximum Gasteiger partial charge on any atom is 0.410 e. The minimum Gasteiger partial charge on any atom is -0.445 e. The van der Waals surface area contributed by atoms with E-state index in [9.17, 15) is 4.79 Å². The van der Waals surface area contributed by atoms with E-state index >= 15 is 0 Å². The molecule has 0 radical (unpaired) electrons. The summed E-state index contributed by atoms with van der Waals surface area (Å²) in [6.45, 7) is 0.308. The zero-order valence-electron chi connectivity index (χ0n) is 13.2. The number of halogens is 1. The van der Waals surface area contributed by atoms with Crippen molar-refractivity contribution in [1.82, 2.24) is 4.90 Å². The predicted molar refractivity (Wildman–Crippen MR) is 94.2 cm³/mol. The third-order valence-electron chi connectivity index (χ3n) is 4.35. The van der Waals surface area contributed by atoms with Crippen LogP contribution in [0.1, 0.15) is 35.6 Å². The highest BCUT2D eigenvalue weighted by molar-refractivity contribution is 9.10. The zero-order valence-corrected chi connectivity index (χ0v) is 14.8. The first-order valence-electron chi connectivity index (χ1n) is 7.87. The number of carbonyl (C=O) groups excluding carboxylic acids is 1. The number of amides is 1. The lowest BCUT2D eigenvalue weighted by molar-refractivity contribution is 0.0876. The summed E-state index contributed by atoms with van der Waals surface area (Å²) in [5, 5.41) is 0. The molecule has 1 aliphatic rings. The molecule has 3 nitrogen and oxygen atoms in total. The van der Waals surface area contributed by atoms with Crippen LogP contribution in [0, 0.1) is 0 Å². The van der Waals surface area contributed by atoms with E-state index in [0.717, 1.165) is 29.3 Å². The summed E-state index contributed by atoms with van der Waals surface area (Å²) >= 11 is 3.53. The lowest BCUT2D eigenvalue weighted by atomic mass is 9.87. The van der Waals surface area contributed by atoms with Gasteiger partial charge in [-0.3, -0.25) is 0 Å². The molecule has 0 aromatic heterocycles. The molecular formula is C19H20BrNO2. The van der Waals surface area contributed by atoms with E-state index in [1.54, 1.807) is 4.90 Å². The highest BCUT2D eigenvalue weighted by Gasteiger charge is 2.27. The number of benzene rings is 2. The first kappa shape index (κ1) is 16.1. The Morgan fingerprint density at radius 1 is 1.26 bits per heavy atom. The van der Waals surface area contributed by atoms with E-state index in [2.05, 4.69) is 34.1 Å². The van der Waals surface area contributed by atoms with Gasteiger partial charge in [0.05, 0.1) is 6.04 Å². The average Bonchev–Trinajstić information content (AvgIpc) is 2.59. The molecule has 0 fully saturated rings. The summed E-state index contributed by atoms with van der Waals surface area (Å²) in [6.07, 6.45) is 2.87. The van der Waals surface area contributed by atoms with Crippen molar-refractivity contribution in [3.8, 4) is 0 Å². The molecule has 1 aliphatic carbocycles. The SMILES string of the molecule is CN(C(=O)OCc1ccccc1)C1CCCc2ccc(Br)cc21. The van der Waals surface area contributed by atoms with Crippen LogP contribution in [0.5, 0.6) is 0 Å². The smallest absolute Gasteiger partial charge is 0.410 e. The summed E-state index contributed by atoms with van der Waals surface area (Å²) in [5.74, 6) is 0. The van der Waals surface area contributed by atoms with Crippen LogP contribution in [0.4, 0.5) is 4.79 Å². The fraction of sp³-hybridized carbons (Fsp3) is 0.316. The van der Waals surface area contributed by atoms with Crippen molar-refractivity contribution in [2.75, 3.05) is 7.05 Å². The molecule has 1 atom stereocenters. The van der Waals surface area contributed by atoms with E-state index in [0.29, 0.717) is 6.61 Å². The van der Waals surface area contributed by atoms with Crippen LogP contribution in [0.15, 0.2) is 53.0 Å². The van der Waals surface area contributed by atoms with Crippen molar-refractivity contribution < 1.29 is 9.53 Å². The van der Waals surface area contributed by atoms with Crippen LogP contribution in [0.25, 0.3) is 0 Å². The summed E-state index contributed by atoms with van der Waals surface area (Å²) in [6, 6.07) is 16.2. The van der Waals surface area contributed by atoms with E-state index in [-0.39, 0.29) is 12.1 Å². The average molecular weight is 374 g/mol. The maximum atomic E-state index is 12.4. The topological polar surface area (TPSA) is 29.5 Å². The Hall–Kier alpha value is -1.81. The number of ether oxygens (including phenoxy) is 1. The number of rotatable bonds is 3. The number of aryl methyl sites for hydroxylation is 1. The molecule has 1 unspecified atom stereocenters. The Balaban J connectivity index is 1.70. The van der Waals surface area contributed by atoms with Gasteiger partial charge in [-0.2, -0.15) is 0 Å². The number of hydrogen-bond donors (Lipinski definition) is 0. The van der Waals surface area contributed by atoms with Gasteiger partial charge in [-0.1, -0.05) is 52.3 Å². The molecule has 0 spiro atoms. The number of nitrogens with zero attached hydrogens (tertiary/aromatic N) is 1. The third kappa shape index (κ3) is 3.75. The summed E-state index contributed by atoms with van der Waals surface area (Å²) in [5.41, 5.74) is 3.55. The van der Waals surface area contributed by atoms with Crippen molar-refractivity contribution in [3.05, 3.63) is 69.7 Å². The van der Waals surface area contributed by atoms with Gasteiger partial charge < -0.3 is 9.64 Å². The fourth-order valence-corrected chi connectivity index (χ4v) is 3.47. The van der Waals surface area contributed by atoms with Gasteiger partial charge in [0, 0.05) is 11.5 Å². The van der Waals surface area contributed by atoms with E-state index < -0.39 is 0 Å². The van der Waals surface area contributed by atoms with Crippen LogP contribution >= 0.6 is 15.9 Å². The second-order valence-electron chi connectivity index (χ2n) is 5.90. The van der Waals surface area contributed by atoms with Gasteiger partial charge in [0.15, 0.2) is 0 Å². The Kier molecular flexibility index (Phi) is 5.01. The summed E-state index contributed by atoms with van der Waals surface area (Å²) < 4.78 is 6.51. The first-order chi connectivity index (χ1) is 11.1. The zero-order chi connectivity index (χ0) is 16.2. The minimum atomic E-state index is -0.272. The molecule has 2 aromatic rings. The Labute approximate surface area is 145 Å². The van der Waals surface area contributed by atoms with Gasteiger partial charge >= 0.3 is 6.09 Å². The van der Waals surface area contributed by atoms with Gasteiger partial charge in [-0.15, -0.1) is 0 Å². The largest absolute Gasteiger partial charge is 0.445 e. The number of fused-ring (bicyclic) bond motifs is 1.